The highest BCUT2D eigenvalue weighted by Gasteiger charge is 2.30. The minimum atomic E-state index is -4.34. The Hall–Kier alpha value is -1.76. The number of rotatable bonds is 5. The smallest absolute Gasteiger partial charge is 0.390 e. The summed E-state index contributed by atoms with van der Waals surface area (Å²) in [5.74, 6) is 0. The van der Waals surface area contributed by atoms with E-state index >= 15 is 0 Å². The summed E-state index contributed by atoms with van der Waals surface area (Å²) in [4.78, 5) is 5.38. The summed E-state index contributed by atoms with van der Waals surface area (Å²) in [6.45, 7) is 0.774. The normalized spacial score (nSPS) is 17.1. The molecule has 0 amide bonds. The van der Waals surface area contributed by atoms with Crippen LogP contribution in [0.1, 0.15) is 23.1 Å². The zero-order chi connectivity index (χ0) is 18.7. The maximum atomic E-state index is 12.7. The molecule has 0 unspecified atom stereocenters. The highest BCUT2D eigenvalue weighted by atomic mass is 35.5. The van der Waals surface area contributed by atoms with Gasteiger partial charge in [-0.15, -0.1) is 0 Å². The third kappa shape index (κ3) is 4.69. The first-order chi connectivity index (χ1) is 12.3. The predicted molar refractivity (Wildman–Crippen MR) is 95.6 cm³/mol. The fourth-order valence-electron chi connectivity index (χ4n) is 2.62. The van der Waals surface area contributed by atoms with Gasteiger partial charge in [-0.3, -0.25) is 0 Å². The largest absolute Gasteiger partial charge is 0.416 e. The van der Waals surface area contributed by atoms with Gasteiger partial charge in [-0.05, 0) is 23.8 Å². The van der Waals surface area contributed by atoms with Crippen LogP contribution in [-0.4, -0.2) is 18.4 Å². The number of oxime groups is 1. The fraction of sp³-hybridized carbons (Fsp3) is 0.278. The number of nitrogens with one attached hydrogen (secondary N) is 1. The Kier molecular flexibility index (Phi) is 5.75. The van der Waals surface area contributed by atoms with Crippen LogP contribution in [-0.2, 0) is 17.6 Å². The zero-order valence-corrected chi connectivity index (χ0v) is 15.0. The molecule has 3 nitrogen and oxygen atoms in total. The third-order valence-corrected chi connectivity index (χ3v) is 4.68. The van der Waals surface area contributed by atoms with E-state index in [0.29, 0.717) is 35.1 Å². The van der Waals surface area contributed by atoms with Crippen molar-refractivity contribution in [1.29, 1.82) is 0 Å². The van der Waals surface area contributed by atoms with E-state index in [-0.39, 0.29) is 6.10 Å². The second kappa shape index (κ2) is 7.86. The number of alkyl halides is 3. The molecule has 2 aromatic carbocycles. The SMILES string of the molecule is FC(F)(F)c1cccc(CNC[C@H]2CC(c3ccc(Cl)c(Cl)c3)=NO2)c1. The monoisotopic (exact) mass is 402 g/mol. The first-order valence-electron chi connectivity index (χ1n) is 7.88. The Balaban J connectivity index is 1.51. The highest BCUT2D eigenvalue weighted by Crippen LogP contribution is 2.29. The lowest BCUT2D eigenvalue weighted by Crippen LogP contribution is -2.26. The summed E-state index contributed by atoms with van der Waals surface area (Å²) in [7, 11) is 0. The van der Waals surface area contributed by atoms with Crippen LogP contribution in [0.4, 0.5) is 13.2 Å². The van der Waals surface area contributed by atoms with Gasteiger partial charge in [0.2, 0.25) is 0 Å². The van der Waals surface area contributed by atoms with Crippen LogP contribution in [0.15, 0.2) is 47.6 Å². The van der Waals surface area contributed by atoms with Gasteiger partial charge in [0.1, 0.15) is 6.10 Å². The first-order valence-corrected chi connectivity index (χ1v) is 8.63. The Morgan fingerprint density at radius 3 is 2.65 bits per heavy atom. The van der Waals surface area contributed by atoms with E-state index in [1.807, 2.05) is 6.07 Å². The molecule has 26 heavy (non-hydrogen) atoms. The number of benzene rings is 2. The van der Waals surface area contributed by atoms with E-state index < -0.39 is 11.7 Å². The summed E-state index contributed by atoms with van der Waals surface area (Å²) in [6.07, 6.45) is -3.95. The molecule has 2 aromatic rings. The van der Waals surface area contributed by atoms with Crippen LogP contribution in [0.3, 0.4) is 0 Å². The van der Waals surface area contributed by atoms with Crippen molar-refractivity contribution in [3.05, 3.63) is 69.2 Å². The van der Waals surface area contributed by atoms with E-state index in [9.17, 15) is 13.2 Å². The molecule has 0 bridgehead atoms. The number of halogens is 5. The Morgan fingerprint density at radius 1 is 1.12 bits per heavy atom. The lowest BCUT2D eigenvalue weighted by Gasteiger charge is -2.11. The van der Waals surface area contributed by atoms with E-state index in [4.69, 9.17) is 28.0 Å². The Labute approximate surface area is 158 Å². The molecule has 0 saturated heterocycles. The van der Waals surface area contributed by atoms with Gasteiger partial charge in [-0.25, -0.2) is 0 Å². The van der Waals surface area contributed by atoms with Gasteiger partial charge in [0.25, 0.3) is 0 Å². The summed E-state index contributed by atoms with van der Waals surface area (Å²) in [6, 6.07) is 10.5. The molecule has 1 heterocycles. The molecule has 0 spiro atoms. The van der Waals surface area contributed by atoms with Gasteiger partial charge in [-0.2, -0.15) is 13.2 Å². The maximum absolute atomic E-state index is 12.7. The van der Waals surface area contributed by atoms with Gasteiger partial charge < -0.3 is 10.2 Å². The molecule has 1 atom stereocenters. The van der Waals surface area contributed by atoms with Crippen LogP contribution in [0.2, 0.25) is 10.0 Å². The first kappa shape index (κ1) is 19.0. The van der Waals surface area contributed by atoms with E-state index in [2.05, 4.69) is 10.5 Å². The number of hydrogen-bond donors (Lipinski definition) is 1. The van der Waals surface area contributed by atoms with Crippen molar-refractivity contribution < 1.29 is 18.0 Å². The molecular formula is C18H15Cl2F3N2O. The quantitative estimate of drug-likeness (QED) is 0.736. The minimum absolute atomic E-state index is 0.190. The summed E-state index contributed by atoms with van der Waals surface area (Å²) < 4.78 is 38.2. The van der Waals surface area contributed by atoms with Crippen molar-refractivity contribution >= 4 is 28.9 Å². The van der Waals surface area contributed by atoms with Crippen molar-refractivity contribution in [1.82, 2.24) is 5.32 Å². The molecule has 0 saturated carbocycles. The van der Waals surface area contributed by atoms with Crippen molar-refractivity contribution in [3.63, 3.8) is 0 Å². The van der Waals surface area contributed by atoms with Crippen LogP contribution < -0.4 is 5.32 Å². The zero-order valence-electron chi connectivity index (χ0n) is 13.5. The second-order valence-electron chi connectivity index (χ2n) is 5.93. The molecule has 0 fully saturated rings. The van der Waals surface area contributed by atoms with Gasteiger partial charge >= 0.3 is 6.18 Å². The minimum Gasteiger partial charge on any atom is -0.390 e. The summed E-state index contributed by atoms with van der Waals surface area (Å²) >= 11 is 11.9. The predicted octanol–water partition coefficient (Wildman–Crippen LogP) is 5.30. The van der Waals surface area contributed by atoms with Gasteiger partial charge in [0, 0.05) is 25.1 Å². The molecule has 0 radical (unpaired) electrons. The summed E-state index contributed by atoms with van der Waals surface area (Å²) in [5.41, 5.74) is 1.50. The van der Waals surface area contributed by atoms with Crippen LogP contribution in [0.5, 0.6) is 0 Å². The molecule has 138 valence electrons. The van der Waals surface area contributed by atoms with Crippen LogP contribution in [0.25, 0.3) is 0 Å². The van der Waals surface area contributed by atoms with Crippen molar-refractivity contribution in [2.75, 3.05) is 6.54 Å². The van der Waals surface area contributed by atoms with Crippen molar-refractivity contribution in [3.8, 4) is 0 Å². The third-order valence-electron chi connectivity index (χ3n) is 3.94. The van der Waals surface area contributed by atoms with Crippen LogP contribution in [0, 0.1) is 0 Å². The number of nitrogens with zero attached hydrogens (tertiary/aromatic N) is 1. The lowest BCUT2D eigenvalue weighted by atomic mass is 10.0. The fourth-order valence-corrected chi connectivity index (χ4v) is 2.92. The lowest BCUT2D eigenvalue weighted by molar-refractivity contribution is -0.137. The Bertz CT molecular complexity index is 824. The average Bonchev–Trinajstić information content (AvgIpc) is 3.06. The van der Waals surface area contributed by atoms with E-state index in [1.54, 1.807) is 18.2 Å². The highest BCUT2D eigenvalue weighted by molar-refractivity contribution is 6.42. The molecule has 8 heteroatoms. The molecular weight excluding hydrogens is 388 g/mol. The van der Waals surface area contributed by atoms with Crippen molar-refractivity contribution in [2.45, 2.75) is 25.2 Å². The molecule has 3 rings (SSSR count). The maximum Gasteiger partial charge on any atom is 0.416 e. The molecule has 1 N–H and O–H groups in total. The van der Waals surface area contributed by atoms with E-state index in [1.165, 1.54) is 6.07 Å². The standard InChI is InChI=1S/C18H15Cl2F3N2O/c19-15-5-4-12(7-16(15)20)17-8-14(26-25-17)10-24-9-11-2-1-3-13(6-11)18(21,22)23/h1-7,14,24H,8-10H2/t14-/m1/s1. The average molecular weight is 403 g/mol. The molecule has 0 aromatic heterocycles. The topological polar surface area (TPSA) is 33.6 Å². The molecule has 1 aliphatic rings. The van der Waals surface area contributed by atoms with Gasteiger partial charge in [-0.1, -0.05) is 52.6 Å². The van der Waals surface area contributed by atoms with Crippen LogP contribution >= 0.6 is 23.2 Å². The Morgan fingerprint density at radius 2 is 1.92 bits per heavy atom. The summed E-state index contributed by atoms with van der Waals surface area (Å²) in [5, 5.41) is 8.07. The van der Waals surface area contributed by atoms with E-state index in [0.717, 1.165) is 23.4 Å². The number of hydrogen-bond acceptors (Lipinski definition) is 3. The van der Waals surface area contributed by atoms with Crippen molar-refractivity contribution in [2.24, 2.45) is 5.16 Å². The van der Waals surface area contributed by atoms with Gasteiger partial charge in [0.15, 0.2) is 0 Å². The van der Waals surface area contributed by atoms with Gasteiger partial charge in [0.05, 0.1) is 21.3 Å². The second-order valence-corrected chi connectivity index (χ2v) is 6.74. The molecule has 1 aliphatic heterocycles. The molecule has 0 aliphatic carbocycles.